The minimum atomic E-state index is -0.801. The first-order valence-electron chi connectivity index (χ1n) is 8.01. The molecule has 0 aromatic heterocycles. The van der Waals surface area contributed by atoms with Gasteiger partial charge < -0.3 is 9.47 Å². The molecule has 1 heterocycles. The Labute approximate surface area is 146 Å². The van der Waals surface area contributed by atoms with Gasteiger partial charge in [0.25, 0.3) is 0 Å². The van der Waals surface area contributed by atoms with Crippen molar-refractivity contribution in [2.24, 2.45) is 16.8 Å². The summed E-state index contributed by atoms with van der Waals surface area (Å²) in [6.07, 6.45) is 0. The molecule has 0 saturated heterocycles. The van der Waals surface area contributed by atoms with Crippen LogP contribution in [0.2, 0.25) is 0 Å². The second-order valence-electron chi connectivity index (χ2n) is 5.79. The summed E-state index contributed by atoms with van der Waals surface area (Å²) in [5.41, 5.74) is 2.21. The number of carbonyl (C=O) groups excluding carboxylic acids is 2. The highest BCUT2D eigenvalue weighted by Gasteiger charge is 2.49. The molecule has 3 rings (SSSR count). The molecule has 5 nitrogen and oxygen atoms in total. The van der Waals surface area contributed by atoms with Gasteiger partial charge in [0.1, 0.15) is 11.8 Å². The molecule has 0 aliphatic carbocycles. The zero-order valence-electron chi connectivity index (χ0n) is 14.1. The Balaban J connectivity index is 2.14. The Kier molecular flexibility index (Phi) is 4.93. The van der Waals surface area contributed by atoms with E-state index in [0.29, 0.717) is 5.71 Å². The number of nitrogens with zero attached hydrogens (tertiary/aromatic N) is 1. The average Bonchev–Trinajstić information content (AvgIpc) is 3.08. The van der Waals surface area contributed by atoms with Crippen molar-refractivity contribution in [1.82, 2.24) is 0 Å². The summed E-state index contributed by atoms with van der Waals surface area (Å²) in [4.78, 5) is 29.7. The Hall–Kier alpha value is -2.95. The first kappa shape index (κ1) is 16.9. The molecule has 0 spiro atoms. The van der Waals surface area contributed by atoms with Gasteiger partial charge in [-0.3, -0.25) is 14.6 Å². The second kappa shape index (κ2) is 7.30. The maximum atomic E-state index is 12.5. The van der Waals surface area contributed by atoms with Crippen molar-refractivity contribution in [3.05, 3.63) is 71.8 Å². The van der Waals surface area contributed by atoms with Crippen molar-refractivity contribution in [3.63, 3.8) is 0 Å². The van der Waals surface area contributed by atoms with E-state index in [1.807, 2.05) is 60.7 Å². The maximum Gasteiger partial charge on any atom is 0.315 e. The van der Waals surface area contributed by atoms with Crippen LogP contribution < -0.4 is 0 Å². The molecule has 3 atom stereocenters. The van der Waals surface area contributed by atoms with E-state index in [2.05, 4.69) is 0 Å². The molecule has 3 unspecified atom stereocenters. The number of carbonyl (C=O) groups is 2. The lowest BCUT2D eigenvalue weighted by Gasteiger charge is -2.21. The van der Waals surface area contributed by atoms with Crippen LogP contribution in [-0.2, 0) is 19.1 Å². The maximum absolute atomic E-state index is 12.5. The summed E-state index contributed by atoms with van der Waals surface area (Å²) in [6, 6.07) is 18.3. The fraction of sp³-hybridized carbons (Fsp3) is 0.250. The monoisotopic (exact) mass is 337 g/mol. The minimum absolute atomic E-state index is 0.473. The molecule has 0 saturated carbocycles. The topological polar surface area (TPSA) is 65.0 Å². The Morgan fingerprint density at radius 3 is 1.96 bits per heavy atom. The Bertz CT molecular complexity index is 786. The lowest BCUT2D eigenvalue weighted by atomic mass is 9.82. The van der Waals surface area contributed by atoms with Gasteiger partial charge in [0.15, 0.2) is 0 Å². The molecule has 0 bridgehead atoms. The van der Waals surface area contributed by atoms with Gasteiger partial charge in [0.2, 0.25) is 0 Å². The molecule has 5 heteroatoms. The Morgan fingerprint density at radius 1 is 0.840 bits per heavy atom. The van der Waals surface area contributed by atoms with Crippen molar-refractivity contribution < 1.29 is 19.1 Å². The lowest BCUT2D eigenvalue weighted by Crippen LogP contribution is -2.35. The van der Waals surface area contributed by atoms with Gasteiger partial charge in [0.05, 0.1) is 26.0 Å². The van der Waals surface area contributed by atoms with Crippen LogP contribution >= 0.6 is 0 Å². The first-order chi connectivity index (χ1) is 12.2. The van der Waals surface area contributed by atoms with Gasteiger partial charge in [-0.05, 0) is 11.1 Å². The van der Waals surface area contributed by atoms with E-state index in [4.69, 9.17) is 14.5 Å². The van der Waals surface area contributed by atoms with E-state index in [1.165, 1.54) is 14.2 Å². The van der Waals surface area contributed by atoms with E-state index < -0.39 is 29.8 Å². The summed E-state index contributed by atoms with van der Waals surface area (Å²) in [7, 11) is 2.63. The summed E-state index contributed by atoms with van der Waals surface area (Å²) < 4.78 is 9.94. The first-order valence-corrected chi connectivity index (χ1v) is 8.01. The van der Waals surface area contributed by atoms with Crippen LogP contribution in [0.5, 0.6) is 0 Å². The van der Waals surface area contributed by atoms with Crippen LogP contribution in [0.1, 0.15) is 17.2 Å². The molecule has 2 aromatic rings. The summed E-state index contributed by atoms with van der Waals surface area (Å²) in [5.74, 6) is -2.52. The molecule has 0 N–H and O–H groups in total. The molecule has 1 aliphatic heterocycles. The fourth-order valence-electron chi connectivity index (χ4n) is 3.24. The summed E-state index contributed by atoms with van der Waals surface area (Å²) >= 11 is 0. The molecular formula is C20H19NO4. The van der Waals surface area contributed by atoms with E-state index in [-0.39, 0.29) is 0 Å². The number of hydrogen-bond donors (Lipinski definition) is 0. The molecule has 0 amide bonds. The SMILES string of the molecule is COC(=O)C1C(c2ccccc2)=NC(c2ccccc2)C1C(=O)OC. The van der Waals surface area contributed by atoms with Crippen molar-refractivity contribution in [2.75, 3.05) is 14.2 Å². The van der Waals surface area contributed by atoms with Gasteiger partial charge >= 0.3 is 11.9 Å². The summed E-state index contributed by atoms with van der Waals surface area (Å²) in [6.45, 7) is 0. The Morgan fingerprint density at radius 2 is 1.40 bits per heavy atom. The van der Waals surface area contributed by atoms with Gasteiger partial charge in [-0.2, -0.15) is 0 Å². The van der Waals surface area contributed by atoms with Gasteiger partial charge in [-0.25, -0.2) is 0 Å². The zero-order chi connectivity index (χ0) is 17.8. The third kappa shape index (κ3) is 3.18. The number of benzene rings is 2. The predicted octanol–water partition coefficient (Wildman–Crippen LogP) is 2.81. The molecule has 128 valence electrons. The van der Waals surface area contributed by atoms with Crippen LogP contribution in [0.4, 0.5) is 0 Å². The van der Waals surface area contributed by atoms with E-state index in [1.54, 1.807) is 0 Å². The van der Waals surface area contributed by atoms with Gasteiger partial charge in [-0.1, -0.05) is 60.7 Å². The normalized spacial score (nSPS) is 22.2. The minimum Gasteiger partial charge on any atom is -0.469 e. The highest BCUT2D eigenvalue weighted by atomic mass is 16.5. The average molecular weight is 337 g/mol. The zero-order valence-corrected chi connectivity index (χ0v) is 14.1. The molecule has 1 aliphatic rings. The van der Waals surface area contributed by atoms with Crippen LogP contribution in [0.25, 0.3) is 0 Å². The molecular weight excluding hydrogens is 318 g/mol. The number of rotatable bonds is 4. The van der Waals surface area contributed by atoms with Crippen LogP contribution in [0, 0.1) is 11.8 Å². The highest BCUT2D eigenvalue weighted by molar-refractivity contribution is 6.15. The number of methoxy groups -OCH3 is 2. The highest BCUT2D eigenvalue weighted by Crippen LogP contribution is 2.41. The molecule has 0 radical (unpaired) electrons. The number of esters is 2. The smallest absolute Gasteiger partial charge is 0.315 e. The summed E-state index contributed by atoms with van der Waals surface area (Å²) in [5, 5.41) is 0. The standard InChI is InChI=1S/C20H19NO4/c1-24-19(22)15-16(20(23)25-2)18(14-11-7-4-8-12-14)21-17(15)13-9-5-3-6-10-13/h3-12,15-17H,1-2H3. The third-order valence-electron chi connectivity index (χ3n) is 4.41. The predicted molar refractivity (Wildman–Crippen MR) is 93.2 cm³/mol. The molecule has 25 heavy (non-hydrogen) atoms. The van der Waals surface area contributed by atoms with Crippen LogP contribution in [0.3, 0.4) is 0 Å². The molecule has 0 fully saturated rings. The quantitative estimate of drug-likeness (QED) is 0.805. The number of hydrogen-bond acceptors (Lipinski definition) is 5. The van der Waals surface area contributed by atoms with Crippen LogP contribution in [-0.4, -0.2) is 31.9 Å². The molecule has 2 aromatic carbocycles. The number of aliphatic imine (C=N–C) groups is 1. The van der Waals surface area contributed by atoms with Crippen molar-refractivity contribution in [1.29, 1.82) is 0 Å². The van der Waals surface area contributed by atoms with E-state index in [9.17, 15) is 9.59 Å². The lowest BCUT2D eigenvalue weighted by molar-refractivity contribution is -0.154. The van der Waals surface area contributed by atoms with Gasteiger partial charge in [-0.15, -0.1) is 0 Å². The van der Waals surface area contributed by atoms with Crippen molar-refractivity contribution in [3.8, 4) is 0 Å². The van der Waals surface area contributed by atoms with Gasteiger partial charge in [0, 0.05) is 0 Å². The third-order valence-corrected chi connectivity index (χ3v) is 4.41. The second-order valence-corrected chi connectivity index (χ2v) is 5.79. The van der Waals surface area contributed by atoms with E-state index >= 15 is 0 Å². The van der Waals surface area contributed by atoms with E-state index in [0.717, 1.165) is 11.1 Å². The largest absolute Gasteiger partial charge is 0.469 e. The van der Waals surface area contributed by atoms with Crippen molar-refractivity contribution in [2.45, 2.75) is 6.04 Å². The number of ether oxygens (including phenoxy) is 2. The van der Waals surface area contributed by atoms with Crippen LogP contribution in [0.15, 0.2) is 65.7 Å². The van der Waals surface area contributed by atoms with Crippen molar-refractivity contribution >= 4 is 17.7 Å². The fourth-order valence-corrected chi connectivity index (χ4v) is 3.24.